The highest BCUT2D eigenvalue weighted by Crippen LogP contribution is 2.37. The molecule has 2 aromatic rings. The number of hydrogen-bond donors (Lipinski definition) is 0. The van der Waals surface area contributed by atoms with Crippen molar-refractivity contribution < 1.29 is 17.9 Å². The maximum Gasteiger partial charge on any atom is 0.573 e. The van der Waals surface area contributed by atoms with E-state index >= 15 is 0 Å². The van der Waals surface area contributed by atoms with Crippen molar-refractivity contribution in [2.75, 3.05) is 0 Å². The van der Waals surface area contributed by atoms with Crippen molar-refractivity contribution in [1.29, 1.82) is 0 Å². The van der Waals surface area contributed by atoms with Crippen molar-refractivity contribution in [2.45, 2.75) is 70.6 Å². The quantitative estimate of drug-likeness (QED) is 0.309. The fourth-order valence-corrected chi connectivity index (χ4v) is 4.32. The number of alkyl halides is 3. The van der Waals surface area contributed by atoms with E-state index in [-0.39, 0.29) is 5.75 Å². The molecule has 0 aliphatic heterocycles. The molecule has 0 aromatic heterocycles. The zero-order valence-electron chi connectivity index (χ0n) is 17.6. The summed E-state index contributed by atoms with van der Waals surface area (Å²) in [5.41, 5.74) is 3.34. The van der Waals surface area contributed by atoms with E-state index in [1.165, 1.54) is 69.1 Å². The van der Waals surface area contributed by atoms with Crippen LogP contribution in [0.3, 0.4) is 0 Å². The summed E-state index contributed by atoms with van der Waals surface area (Å²) in [5.74, 6) is 1.39. The van der Waals surface area contributed by atoms with Crippen LogP contribution in [0.5, 0.6) is 5.75 Å². The van der Waals surface area contributed by atoms with E-state index in [1.54, 1.807) is 12.1 Å². The first kappa shape index (κ1) is 22.5. The normalized spacial score (nSPS) is 19.9. The Labute approximate surface area is 178 Å². The van der Waals surface area contributed by atoms with Crippen molar-refractivity contribution in [2.24, 2.45) is 5.92 Å². The maximum atomic E-state index is 12.2. The fraction of sp³-hybridized carbons (Fsp3) is 0.462. The van der Waals surface area contributed by atoms with Gasteiger partial charge in [0.15, 0.2) is 0 Å². The predicted molar refractivity (Wildman–Crippen MR) is 117 cm³/mol. The molecule has 3 rings (SSSR count). The number of ether oxygens (including phenoxy) is 1. The monoisotopic (exact) mass is 416 g/mol. The molecular formula is C26H31F3O. The molecule has 0 unspecified atom stereocenters. The molecule has 4 heteroatoms. The number of rotatable bonds is 8. The molecule has 0 saturated heterocycles. The fourth-order valence-electron chi connectivity index (χ4n) is 4.32. The Morgan fingerprint density at radius 2 is 1.40 bits per heavy atom. The number of benzene rings is 2. The lowest BCUT2D eigenvalue weighted by molar-refractivity contribution is -0.274. The number of halogens is 3. The van der Waals surface area contributed by atoms with Crippen LogP contribution in [-0.2, 0) is 0 Å². The zero-order valence-corrected chi connectivity index (χ0v) is 17.6. The van der Waals surface area contributed by atoms with Crippen LogP contribution < -0.4 is 4.74 Å². The van der Waals surface area contributed by atoms with Crippen LogP contribution in [0.1, 0.15) is 80.9 Å². The molecule has 1 fully saturated rings. The minimum absolute atomic E-state index is 0.205. The molecule has 1 nitrogen and oxygen atoms in total. The predicted octanol–water partition coefficient (Wildman–Crippen LogP) is 8.61. The average Bonchev–Trinajstić information content (AvgIpc) is 2.73. The van der Waals surface area contributed by atoms with Crippen LogP contribution in [0.2, 0.25) is 0 Å². The van der Waals surface area contributed by atoms with Gasteiger partial charge in [-0.3, -0.25) is 0 Å². The van der Waals surface area contributed by atoms with Crippen molar-refractivity contribution in [1.82, 2.24) is 0 Å². The van der Waals surface area contributed by atoms with Crippen LogP contribution >= 0.6 is 0 Å². The van der Waals surface area contributed by atoms with Gasteiger partial charge in [-0.2, -0.15) is 0 Å². The van der Waals surface area contributed by atoms with Gasteiger partial charge in [-0.15, -0.1) is 13.2 Å². The molecule has 0 heterocycles. The lowest BCUT2D eigenvalue weighted by atomic mass is 9.77. The van der Waals surface area contributed by atoms with E-state index in [9.17, 15) is 13.2 Å². The Morgan fingerprint density at radius 1 is 0.833 bits per heavy atom. The van der Waals surface area contributed by atoms with Gasteiger partial charge in [0.1, 0.15) is 5.75 Å². The van der Waals surface area contributed by atoms with Crippen molar-refractivity contribution in [3.05, 3.63) is 65.2 Å². The molecule has 0 radical (unpaired) electrons. The van der Waals surface area contributed by atoms with Crippen molar-refractivity contribution in [3.8, 4) is 5.75 Å². The van der Waals surface area contributed by atoms with Gasteiger partial charge < -0.3 is 4.74 Å². The lowest BCUT2D eigenvalue weighted by Gasteiger charge is -2.29. The summed E-state index contributed by atoms with van der Waals surface area (Å²) in [7, 11) is 0. The summed E-state index contributed by atoms with van der Waals surface area (Å²) in [4.78, 5) is 0. The second-order valence-corrected chi connectivity index (χ2v) is 8.33. The van der Waals surface area contributed by atoms with Gasteiger partial charge in [-0.1, -0.05) is 81.2 Å². The molecule has 1 saturated carbocycles. The Bertz CT molecular complexity index is 783. The Morgan fingerprint density at radius 3 is 1.93 bits per heavy atom. The molecule has 30 heavy (non-hydrogen) atoms. The first-order valence-electron chi connectivity index (χ1n) is 11.1. The van der Waals surface area contributed by atoms with Crippen LogP contribution in [-0.4, -0.2) is 6.36 Å². The topological polar surface area (TPSA) is 9.23 Å². The summed E-state index contributed by atoms with van der Waals surface area (Å²) in [6.45, 7) is 2.26. The highest BCUT2D eigenvalue weighted by molar-refractivity contribution is 5.69. The maximum absolute atomic E-state index is 12.2. The average molecular weight is 417 g/mol. The Balaban J connectivity index is 1.50. The second-order valence-electron chi connectivity index (χ2n) is 8.33. The molecule has 0 N–H and O–H groups in total. The third kappa shape index (κ3) is 7.23. The molecule has 0 spiro atoms. The molecule has 0 amide bonds. The van der Waals surface area contributed by atoms with E-state index in [1.807, 2.05) is 12.2 Å². The van der Waals surface area contributed by atoms with Gasteiger partial charge >= 0.3 is 6.36 Å². The van der Waals surface area contributed by atoms with E-state index in [2.05, 4.69) is 35.9 Å². The molecule has 2 aromatic carbocycles. The Hall–Kier alpha value is -2.23. The molecule has 0 bridgehead atoms. The molecule has 1 aliphatic carbocycles. The van der Waals surface area contributed by atoms with Gasteiger partial charge in [-0.25, -0.2) is 0 Å². The minimum Gasteiger partial charge on any atom is -0.406 e. The first-order valence-corrected chi connectivity index (χ1v) is 11.1. The van der Waals surface area contributed by atoms with Crippen molar-refractivity contribution in [3.63, 3.8) is 0 Å². The summed E-state index contributed by atoms with van der Waals surface area (Å²) in [5, 5.41) is 0. The third-order valence-corrected chi connectivity index (χ3v) is 6.05. The summed E-state index contributed by atoms with van der Waals surface area (Å²) < 4.78 is 40.6. The molecule has 1 aliphatic rings. The van der Waals surface area contributed by atoms with Gasteiger partial charge in [0.05, 0.1) is 0 Å². The molecule has 162 valence electrons. The van der Waals surface area contributed by atoms with E-state index in [0.29, 0.717) is 5.92 Å². The van der Waals surface area contributed by atoms with Gasteiger partial charge in [0.2, 0.25) is 0 Å². The van der Waals surface area contributed by atoms with Crippen LogP contribution in [0.4, 0.5) is 13.2 Å². The first-order chi connectivity index (χ1) is 14.4. The van der Waals surface area contributed by atoms with Crippen LogP contribution in [0.15, 0.2) is 48.5 Å². The zero-order chi connectivity index (χ0) is 21.4. The van der Waals surface area contributed by atoms with Gasteiger partial charge in [0, 0.05) is 0 Å². The third-order valence-electron chi connectivity index (χ3n) is 6.05. The highest BCUT2D eigenvalue weighted by atomic mass is 19.4. The van der Waals surface area contributed by atoms with E-state index in [4.69, 9.17) is 0 Å². The number of unbranched alkanes of at least 4 members (excludes halogenated alkanes) is 2. The standard InChI is InChI=1S/C26H31F3O/c1-2-3-4-5-20-8-14-23(15-9-20)24-16-10-21(11-17-24)6-7-22-12-18-25(19-13-22)30-26(27,28)29/h6-7,10-13,16-20,23H,2-5,8-9,14-15H2,1H3/b7-6+/t20-,23-. The summed E-state index contributed by atoms with van der Waals surface area (Å²) in [6.07, 6.45) is 9.94. The Kier molecular flexibility index (Phi) is 8.01. The lowest BCUT2D eigenvalue weighted by Crippen LogP contribution is -2.16. The highest BCUT2D eigenvalue weighted by Gasteiger charge is 2.30. The van der Waals surface area contributed by atoms with Crippen LogP contribution in [0.25, 0.3) is 12.2 Å². The van der Waals surface area contributed by atoms with E-state index in [0.717, 1.165) is 17.0 Å². The largest absolute Gasteiger partial charge is 0.573 e. The smallest absolute Gasteiger partial charge is 0.406 e. The second kappa shape index (κ2) is 10.7. The summed E-state index contributed by atoms with van der Waals surface area (Å²) in [6, 6.07) is 14.6. The summed E-state index contributed by atoms with van der Waals surface area (Å²) >= 11 is 0. The van der Waals surface area contributed by atoms with Gasteiger partial charge in [-0.05, 0) is 66.3 Å². The minimum atomic E-state index is -4.66. The molecular weight excluding hydrogens is 385 g/mol. The SMILES string of the molecule is CCCCC[C@H]1CC[C@H](c2ccc(/C=C/c3ccc(OC(F)(F)F)cc3)cc2)CC1. The number of hydrogen-bond acceptors (Lipinski definition) is 1. The van der Waals surface area contributed by atoms with E-state index < -0.39 is 6.36 Å². The van der Waals surface area contributed by atoms with Crippen molar-refractivity contribution >= 4 is 12.2 Å². The van der Waals surface area contributed by atoms with Crippen LogP contribution in [0, 0.1) is 5.92 Å². The molecule has 0 atom stereocenters. The van der Waals surface area contributed by atoms with Gasteiger partial charge in [0.25, 0.3) is 0 Å².